The fraction of sp³-hybridized carbons (Fsp3) is 0.294. The molecule has 1 aliphatic heterocycles. The number of nitrogens with zero attached hydrogens (tertiary/aromatic N) is 4. The summed E-state index contributed by atoms with van der Waals surface area (Å²) in [5.41, 5.74) is 1.05. The van der Waals surface area contributed by atoms with E-state index in [1.54, 1.807) is 17.0 Å². The molecule has 3 heterocycles. The van der Waals surface area contributed by atoms with E-state index in [2.05, 4.69) is 20.2 Å². The quantitative estimate of drug-likeness (QED) is 0.776. The van der Waals surface area contributed by atoms with Crippen LogP contribution in [-0.2, 0) is 0 Å². The van der Waals surface area contributed by atoms with Crippen LogP contribution in [0.4, 0.5) is 0 Å². The monoisotopic (exact) mass is 341 g/mol. The van der Waals surface area contributed by atoms with Crippen molar-refractivity contribution in [2.45, 2.75) is 25.8 Å². The average Bonchev–Trinajstić information content (AvgIpc) is 3.23. The van der Waals surface area contributed by atoms with E-state index in [4.69, 9.17) is 11.6 Å². The highest BCUT2D eigenvalue weighted by Gasteiger charge is 2.33. The Labute approximate surface area is 143 Å². The molecule has 0 saturated carbocycles. The molecule has 1 aromatic carbocycles. The SMILES string of the molecule is Cc1nc([C@H]2CCCN2C(=O)c2ccc3cccc(Cl)c3n2)n[nH]1. The Hall–Kier alpha value is -2.47. The number of aryl methyl sites for hydroxylation is 1. The number of hydrogen-bond donors (Lipinski definition) is 1. The molecule has 4 rings (SSSR count). The number of likely N-dealkylation sites (tertiary alicyclic amines) is 1. The molecule has 1 N–H and O–H groups in total. The maximum Gasteiger partial charge on any atom is 0.273 e. The molecule has 1 amide bonds. The molecular formula is C17H16ClN5O. The number of para-hydroxylation sites is 1. The van der Waals surface area contributed by atoms with E-state index in [0.29, 0.717) is 28.6 Å². The van der Waals surface area contributed by atoms with Crippen LogP contribution in [0.1, 0.15) is 41.0 Å². The molecule has 0 aliphatic carbocycles. The maximum atomic E-state index is 12.9. The van der Waals surface area contributed by atoms with Crippen LogP contribution in [0.5, 0.6) is 0 Å². The number of carbonyl (C=O) groups is 1. The lowest BCUT2D eigenvalue weighted by atomic mass is 10.1. The Balaban J connectivity index is 1.68. The number of H-pyrrole nitrogens is 1. The van der Waals surface area contributed by atoms with Crippen molar-refractivity contribution in [2.24, 2.45) is 0 Å². The molecule has 24 heavy (non-hydrogen) atoms. The fourth-order valence-electron chi connectivity index (χ4n) is 3.16. The van der Waals surface area contributed by atoms with Gasteiger partial charge in [0, 0.05) is 11.9 Å². The minimum Gasteiger partial charge on any atom is -0.327 e. The van der Waals surface area contributed by atoms with Gasteiger partial charge < -0.3 is 4.90 Å². The summed E-state index contributed by atoms with van der Waals surface area (Å²) in [6.07, 6.45) is 1.79. The number of rotatable bonds is 2. The molecule has 1 aliphatic rings. The van der Waals surface area contributed by atoms with Gasteiger partial charge in [-0.1, -0.05) is 29.8 Å². The first kappa shape index (κ1) is 15.1. The predicted molar refractivity (Wildman–Crippen MR) is 90.9 cm³/mol. The summed E-state index contributed by atoms with van der Waals surface area (Å²) in [5, 5.41) is 8.53. The van der Waals surface area contributed by atoms with Crippen LogP contribution >= 0.6 is 11.6 Å². The third-order valence-corrected chi connectivity index (χ3v) is 4.62. The lowest BCUT2D eigenvalue weighted by molar-refractivity contribution is 0.0724. The zero-order valence-corrected chi connectivity index (χ0v) is 13.9. The van der Waals surface area contributed by atoms with E-state index in [9.17, 15) is 4.79 Å². The molecule has 2 aromatic heterocycles. The number of fused-ring (bicyclic) bond motifs is 1. The molecule has 0 unspecified atom stereocenters. The Kier molecular flexibility index (Phi) is 3.69. The number of pyridine rings is 1. The summed E-state index contributed by atoms with van der Waals surface area (Å²) >= 11 is 6.21. The highest BCUT2D eigenvalue weighted by atomic mass is 35.5. The Morgan fingerprint density at radius 2 is 2.17 bits per heavy atom. The summed E-state index contributed by atoms with van der Waals surface area (Å²) in [5.74, 6) is 1.30. The molecule has 1 saturated heterocycles. The zero-order valence-electron chi connectivity index (χ0n) is 13.2. The van der Waals surface area contributed by atoms with Crippen molar-refractivity contribution in [1.82, 2.24) is 25.1 Å². The van der Waals surface area contributed by atoms with Crippen LogP contribution in [0.15, 0.2) is 30.3 Å². The third-order valence-electron chi connectivity index (χ3n) is 4.32. The largest absolute Gasteiger partial charge is 0.327 e. The molecule has 0 radical (unpaired) electrons. The summed E-state index contributed by atoms with van der Waals surface area (Å²) in [6, 6.07) is 9.10. The fourth-order valence-corrected chi connectivity index (χ4v) is 3.39. The summed E-state index contributed by atoms with van der Waals surface area (Å²) in [7, 11) is 0. The number of carbonyl (C=O) groups excluding carboxylic acids is 1. The Bertz CT molecular complexity index is 922. The normalized spacial score (nSPS) is 17.6. The molecule has 0 spiro atoms. The molecule has 3 aromatic rings. The molecule has 0 bridgehead atoms. The van der Waals surface area contributed by atoms with E-state index < -0.39 is 0 Å². The average molecular weight is 342 g/mol. The summed E-state index contributed by atoms with van der Waals surface area (Å²) in [4.78, 5) is 23.6. The van der Waals surface area contributed by atoms with Crippen molar-refractivity contribution in [2.75, 3.05) is 6.54 Å². The maximum absolute atomic E-state index is 12.9. The van der Waals surface area contributed by atoms with Crippen molar-refractivity contribution >= 4 is 28.4 Å². The molecule has 1 atom stereocenters. The number of benzene rings is 1. The Morgan fingerprint density at radius 3 is 2.96 bits per heavy atom. The highest BCUT2D eigenvalue weighted by Crippen LogP contribution is 2.31. The number of amides is 1. The van der Waals surface area contributed by atoms with E-state index in [0.717, 1.165) is 24.1 Å². The molecule has 6 nitrogen and oxygen atoms in total. The van der Waals surface area contributed by atoms with Crippen molar-refractivity contribution in [1.29, 1.82) is 0 Å². The van der Waals surface area contributed by atoms with Crippen molar-refractivity contribution in [3.05, 3.63) is 52.7 Å². The van der Waals surface area contributed by atoms with E-state index in [1.807, 2.05) is 25.1 Å². The second-order valence-electron chi connectivity index (χ2n) is 5.94. The second-order valence-corrected chi connectivity index (χ2v) is 6.35. The number of aromatic amines is 1. The third kappa shape index (κ3) is 2.53. The van der Waals surface area contributed by atoms with E-state index in [-0.39, 0.29) is 11.9 Å². The number of nitrogens with one attached hydrogen (secondary N) is 1. The van der Waals surface area contributed by atoms with Gasteiger partial charge in [0.05, 0.1) is 16.6 Å². The molecular weight excluding hydrogens is 326 g/mol. The molecule has 122 valence electrons. The van der Waals surface area contributed by atoms with Crippen LogP contribution in [0, 0.1) is 6.92 Å². The van der Waals surface area contributed by atoms with Gasteiger partial charge in [0.15, 0.2) is 5.82 Å². The molecule has 1 fully saturated rings. The highest BCUT2D eigenvalue weighted by molar-refractivity contribution is 6.35. The van der Waals surface area contributed by atoms with Crippen LogP contribution in [0.2, 0.25) is 5.02 Å². The first-order chi connectivity index (χ1) is 11.6. The van der Waals surface area contributed by atoms with Crippen molar-refractivity contribution in [3.8, 4) is 0 Å². The smallest absolute Gasteiger partial charge is 0.273 e. The van der Waals surface area contributed by atoms with E-state index >= 15 is 0 Å². The zero-order chi connectivity index (χ0) is 16.7. The van der Waals surface area contributed by atoms with Gasteiger partial charge in [-0.25, -0.2) is 9.97 Å². The van der Waals surface area contributed by atoms with Crippen LogP contribution in [0.25, 0.3) is 10.9 Å². The predicted octanol–water partition coefficient (Wildman–Crippen LogP) is 3.29. The van der Waals surface area contributed by atoms with Crippen LogP contribution in [0.3, 0.4) is 0 Å². The lowest BCUT2D eigenvalue weighted by Gasteiger charge is -2.22. The summed E-state index contributed by atoms with van der Waals surface area (Å²) < 4.78 is 0. The van der Waals surface area contributed by atoms with Gasteiger partial charge in [0.25, 0.3) is 5.91 Å². The van der Waals surface area contributed by atoms with Crippen LogP contribution in [-0.4, -0.2) is 37.5 Å². The number of hydrogen-bond acceptors (Lipinski definition) is 4. The standard InChI is InChI=1S/C17H16ClN5O/c1-10-19-16(22-21-10)14-6-3-9-23(14)17(24)13-8-7-11-4-2-5-12(18)15(11)20-13/h2,4-5,7-8,14H,3,6,9H2,1H3,(H,19,21,22)/t14-/m1/s1. The van der Waals surface area contributed by atoms with E-state index in [1.165, 1.54) is 0 Å². The van der Waals surface area contributed by atoms with Gasteiger partial charge in [-0.3, -0.25) is 9.89 Å². The lowest BCUT2D eigenvalue weighted by Crippen LogP contribution is -2.31. The number of halogens is 1. The Morgan fingerprint density at radius 1 is 1.29 bits per heavy atom. The van der Waals surface area contributed by atoms with Crippen LogP contribution < -0.4 is 0 Å². The topological polar surface area (TPSA) is 74.8 Å². The summed E-state index contributed by atoms with van der Waals surface area (Å²) in [6.45, 7) is 2.53. The second kappa shape index (κ2) is 5.87. The van der Waals surface area contributed by atoms with Gasteiger partial charge >= 0.3 is 0 Å². The van der Waals surface area contributed by atoms with Crippen molar-refractivity contribution in [3.63, 3.8) is 0 Å². The molecule has 7 heteroatoms. The number of aromatic nitrogens is 4. The van der Waals surface area contributed by atoms with Crippen molar-refractivity contribution < 1.29 is 4.79 Å². The minimum atomic E-state index is -0.109. The van der Waals surface area contributed by atoms with Gasteiger partial charge in [0.1, 0.15) is 11.5 Å². The first-order valence-corrected chi connectivity index (χ1v) is 8.26. The van der Waals surface area contributed by atoms with Gasteiger partial charge in [-0.15, -0.1) is 0 Å². The minimum absolute atomic E-state index is 0.105. The van der Waals surface area contributed by atoms with Gasteiger partial charge in [0.2, 0.25) is 0 Å². The first-order valence-electron chi connectivity index (χ1n) is 7.88. The van der Waals surface area contributed by atoms with Gasteiger partial charge in [-0.2, -0.15) is 5.10 Å². The van der Waals surface area contributed by atoms with Gasteiger partial charge in [-0.05, 0) is 31.9 Å².